The molecule has 180 valence electrons. The number of anilines is 1. The lowest BCUT2D eigenvalue weighted by Crippen LogP contribution is -2.26. The van der Waals surface area contributed by atoms with Crippen molar-refractivity contribution < 1.29 is 29.0 Å². The van der Waals surface area contributed by atoms with Crippen molar-refractivity contribution in [3.8, 4) is 11.5 Å². The zero-order valence-electron chi connectivity index (χ0n) is 19.4. The lowest BCUT2D eigenvalue weighted by molar-refractivity contribution is -0.142. The fraction of sp³-hybridized carbons (Fsp3) is 0.148. The largest absolute Gasteiger partial charge is 0.504 e. The number of aromatic hydroxyl groups is 1. The van der Waals surface area contributed by atoms with Gasteiger partial charge in [0.2, 0.25) is 0 Å². The number of carbonyl (C=O) groups is 3. The van der Waals surface area contributed by atoms with Crippen molar-refractivity contribution in [3.63, 3.8) is 0 Å². The summed E-state index contributed by atoms with van der Waals surface area (Å²) in [6.45, 7) is 1.81. The summed E-state index contributed by atoms with van der Waals surface area (Å²) in [6.07, 6.45) is 2.63. The Balaban J connectivity index is 1.53. The first-order chi connectivity index (χ1) is 16.9. The molecule has 2 amide bonds. The highest BCUT2D eigenvalue weighted by atomic mass is 16.5. The Labute approximate surface area is 203 Å². The minimum atomic E-state index is -0.726. The molecule has 0 aliphatic rings. The predicted octanol–water partition coefficient (Wildman–Crippen LogP) is 3.83. The highest BCUT2D eigenvalue weighted by Gasteiger charge is 2.14. The number of aryl methyl sites for hydroxylation is 1. The van der Waals surface area contributed by atoms with Gasteiger partial charge in [0.05, 0.1) is 18.4 Å². The molecule has 0 radical (unpaired) electrons. The van der Waals surface area contributed by atoms with Crippen LogP contribution >= 0.6 is 0 Å². The molecular weight excluding hydrogens is 448 g/mol. The number of esters is 1. The summed E-state index contributed by atoms with van der Waals surface area (Å²) in [6, 6.07) is 19.0. The van der Waals surface area contributed by atoms with Crippen LogP contribution in [0.25, 0.3) is 6.08 Å². The van der Waals surface area contributed by atoms with Crippen molar-refractivity contribution >= 4 is 29.5 Å². The molecule has 3 aromatic rings. The topological polar surface area (TPSA) is 114 Å². The number of hydrogen-bond donors (Lipinski definition) is 3. The number of para-hydroxylation sites is 1. The number of rotatable bonds is 9. The van der Waals surface area contributed by atoms with Crippen LogP contribution in [0.15, 0.2) is 72.8 Å². The van der Waals surface area contributed by atoms with E-state index in [0.717, 1.165) is 17.2 Å². The van der Waals surface area contributed by atoms with Gasteiger partial charge in [0, 0.05) is 12.6 Å². The lowest BCUT2D eigenvalue weighted by Gasteiger charge is -2.11. The van der Waals surface area contributed by atoms with E-state index in [0.29, 0.717) is 23.4 Å². The van der Waals surface area contributed by atoms with E-state index >= 15 is 0 Å². The number of carbonyl (C=O) groups excluding carboxylic acids is 3. The van der Waals surface area contributed by atoms with Crippen LogP contribution in [0.4, 0.5) is 5.69 Å². The molecule has 0 aliphatic carbocycles. The van der Waals surface area contributed by atoms with Crippen LogP contribution in [-0.2, 0) is 20.9 Å². The van der Waals surface area contributed by atoms with Crippen molar-refractivity contribution in [2.75, 3.05) is 19.0 Å². The maximum absolute atomic E-state index is 12.7. The van der Waals surface area contributed by atoms with Gasteiger partial charge >= 0.3 is 5.97 Å². The van der Waals surface area contributed by atoms with Gasteiger partial charge in [-0.05, 0) is 48.4 Å². The quantitative estimate of drug-likeness (QED) is 0.321. The molecule has 0 heterocycles. The van der Waals surface area contributed by atoms with Gasteiger partial charge in [0.15, 0.2) is 18.1 Å². The number of benzene rings is 3. The van der Waals surface area contributed by atoms with Gasteiger partial charge in [-0.15, -0.1) is 0 Å². The van der Waals surface area contributed by atoms with E-state index in [-0.39, 0.29) is 17.4 Å². The summed E-state index contributed by atoms with van der Waals surface area (Å²) in [5.41, 5.74) is 3.29. The van der Waals surface area contributed by atoms with Crippen molar-refractivity contribution in [2.45, 2.75) is 13.5 Å². The van der Waals surface area contributed by atoms with E-state index in [9.17, 15) is 19.5 Å². The van der Waals surface area contributed by atoms with E-state index in [1.165, 1.54) is 19.3 Å². The Hall–Kier alpha value is -4.59. The third kappa shape index (κ3) is 7.46. The lowest BCUT2D eigenvalue weighted by atomic mass is 10.1. The Morgan fingerprint density at radius 2 is 1.74 bits per heavy atom. The number of hydrogen-bond acceptors (Lipinski definition) is 6. The van der Waals surface area contributed by atoms with Gasteiger partial charge < -0.3 is 25.2 Å². The summed E-state index contributed by atoms with van der Waals surface area (Å²) in [4.78, 5) is 36.9. The Morgan fingerprint density at radius 3 is 2.49 bits per heavy atom. The average molecular weight is 475 g/mol. The maximum atomic E-state index is 12.7. The molecule has 3 rings (SSSR count). The van der Waals surface area contributed by atoms with Crippen molar-refractivity contribution in [1.82, 2.24) is 5.32 Å². The van der Waals surface area contributed by atoms with Gasteiger partial charge in [0.25, 0.3) is 11.8 Å². The van der Waals surface area contributed by atoms with Crippen LogP contribution in [0.5, 0.6) is 11.5 Å². The average Bonchev–Trinajstić information content (AvgIpc) is 2.86. The first-order valence-corrected chi connectivity index (χ1v) is 10.8. The third-order valence-electron chi connectivity index (χ3n) is 4.98. The summed E-state index contributed by atoms with van der Waals surface area (Å²) in [5.74, 6) is -1.41. The molecule has 3 N–H and O–H groups in total. The monoisotopic (exact) mass is 474 g/mol. The fourth-order valence-corrected chi connectivity index (χ4v) is 3.11. The molecule has 0 fully saturated rings. The summed E-state index contributed by atoms with van der Waals surface area (Å²) < 4.78 is 9.99. The Morgan fingerprint density at radius 1 is 1.00 bits per heavy atom. The highest BCUT2D eigenvalue weighted by Crippen LogP contribution is 2.26. The van der Waals surface area contributed by atoms with Gasteiger partial charge in [-0.2, -0.15) is 0 Å². The predicted molar refractivity (Wildman–Crippen MR) is 132 cm³/mol. The third-order valence-corrected chi connectivity index (χ3v) is 4.98. The van der Waals surface area contributed by atoms with Crippen LogP contribution in [-0.4, -0.2) is 36.6 Å². The van der Waals surface area contributed by atoms with E-state index in [1.54, 1.807) is 36.4 Å². The fourth-order valence-electron chi connectivity index (χ4n) is 3.11. The van der Waals surface area contributed by atoms with E-state index in [1.807, 2.05) is 31.2 Å². The van der Waals surface area contributed by atoms with Gasteiger partial charge in [-0.3, -0.25) is 9.59 Å². The molecule has 0 saturated heterocycles. The van der Waals surface area contributed by atoms with E-state index in [4.69, 9.17) is 9.47 Å². The van der Waals surface area contributed by atoms with Crippen molar-refractivity contribution in [1.29, 1.82) is 0 Å². The maximum Gasteiger partial charge on any atom is 0.331 e. The molecule has 0 aliphatic heterocycles. The SMILES string of the molecule is COc1cc(/C=C/C(=O)OCC(=O)Nc2ccccc2C(=O)NCc2ccc(C)cc2)ccc1O. The van der Waals surface area contributed by atoms with Crippen molar-refractivity contribution in [2.24, 2.45) is 0 Å². The van der Waals surface area contributed by atoms with Gasteiger partial charge in [0.1, 0.15) is 0 Å². The molecule has 0 atom stereocenters. The molecule has 0 unspecified atom stereocenters. The minimum absolute atomic E-state index is 0.0204. The number of nitrogens with one attached hydrogen (secondary N) is 2. The van der Waals surface area contributed by atoms with Crippen LogP contribution < -0.4 is 15.4 Å². The summed E-state index contributed by atoms with van der Waals surface area (Å²) in [5, 5.41) is 15.0. The van der Waals surface area contributed by atoms with E-state index in [2.05, 4.69) is 10.6 Å². The molecule has 0 spiro atoms. The molecule has 35 heavy (non-hydrogen) atoms. The number of methoxy groups -OCH3 is 1. The molecule has 8 heteroatoms. The summed E-state index contributed by atoms with van der Waals surface area (Å²) in [7, 11) is 1.42. The first kappa shape index (κ1) is 25.0. The molecule has 3 aromatic carbocycles. The second kappa shape index (κ2) is 12.0. The highest BCUT2D eigenvalue weighted by molar-refractivity contribution is 6.04. The number of amides is 2. The normalized spacial score (nSPS) is 10.6. The molecule has 0 bridgehead atoms. The molecular formula is C27H26N2O6. The number of phenols is 1. The standard InChI is InChI=1S/C27H26N2O6/c1-18-7-9-20(10-8-18)16-28-27(33)21-5-3-4-6-22(21)29-25(31)17-35-26(32)14-12-19-11-13-23(30)24(15-19)34-2/h3-15,30H,16-17H2,1-2H3,(H,28,33)(H,29,31)/b14-12+. The van der Waals surface area contributed by atoms with Gasteiger partial charge in [-0.25, -0.2) is 4.79 Å². The Bertz CT molecular complexity index is 1230. The Kier molecular flexibility index (Phi) is 8.61. The minimum Gasteiger partial charge on any atom is -0.504 e. The smallest absolute Gasteiger partial charge is 0.331 e. The van der Waals surface area contributed by atoms with Crippen LogP contribution in [0.1, 0.15) is 27.0 Å². The molecule has 0 aromatic heterocycles. The van der Waals surface area contributed by atoms with E-state index < -0.39 is 18.5 Å². The van der Waals surface area contributed by atoms with Crippen molar-refractivity contribution in [3.05, 3.63) is 95.1 Å². The van der Waals surface area contributed by atoms with Gasteiger partial charge in [-0.1, -0.05) is 48.0 Å². The second-order valence-electron chi connectivity index (χ2n) is 7.63. The first-order valence-electron chi connectivity index (χ1n) is 10.8. The zero-order valence-corrected chi connectivity index (χ0v) is 19.4. The zero-order chi connectivity index (χ0) is 25.2. The van der Waals surface area contributed by atoms with Crippen LogP contribution in [0.3, 0.4) is 0 Å². The second-order valence-corrected chi connectivity index (χ2v) is 7.63. The summed E-state index contributed by atoms with van der Waals surface area (Å²) >= 11 is 0. The molecule has 8 nitrogen and oxygen atoms in total. The molecule has 0 saturated carbocycles. The van der Waals surface area contributed by atoms with Crippen LogP contribution in [0, 0.1) is 6.92 Å². The number of ether oxygens (including phenoxy) is 2. The van der Waals surface area contributed by atoms with Crippen LogP contribution in [0.2, 0.25) is 0 Å². The number of phenolic OH excluding ortho intramolecular Hbond substituents is 1.